The van der Waals surface area contributed by atoms with E-state index >= 15 is 0 Å². The standard InChI is InChI=1S/C15H11F2N3O5S/c16-15(17)24-11-4-1-7(5-12(11)25-15)18-14(26)20-19-13(23)9-6-8(21)2-3-10(9)22/h1-6,21-22H,(H,19,23)(H2,18,20,26). The van der Waals surface area contributed by atoms with Crippen LogP contribution in [0.1, 0.15) is 10.4 Å². The third-order valence-corrected chi connectivity index (χ3v) is 3.38. The fraction of sp³-hybridized carbons (Fsp3) is 0.0667. The molecular formula is C15H11F2N3O5S. The van der Waals surface area contributed by atoms with Crippen LogP contribution in [0.25, 0.3) is 0 Å². The summed E-state index contributed by atoms with van der Waals surface area (Å²) >= 11 is 4.97. The minimum Gasteiger partial charge on any atom is -0.508 e. The topological polar surface area (TPSA) is 112 Å². The van der Waals surface area contributed by atoms with E-state index in [0.29, 0.717) is 5.69 Å². The Hall–Kier alpha value is -3.34. The molecule has 0 unspecified atom stereocenters. The van der Waals surface area contributed by atoms with Crippen LogP contribution in [0.2, 0.25) is 0 Å². The first-order valence-electron chi connectivity index (χ1n) is 7.03. The van der Waals surface area contributed by atoms with Crippen LogP contribution in [-0.4, -0.2) is 27.5 Å². The van der Waals surface area contributed by atoms with Gasteiger partial charge in [-0.15, -0.1) is 8.78 Å². The van der Waals surface area contributed by atoms with Crippen LogP contribution in [0.4, 0.5) is 14.5 Å². The maximum Gasteiger partial charge on any atom is 0.586 e. The first-order chi connectivity index (χ1) is 12.2. The number of carbonyl (C=O) groups excluding carboxylic acids is 1. The number of phenols is 2. The van der Waals surface area contributed by atoms with Crippen LogP contribution in [-0.2, 0) is 0 Å². The lowest BCUT2D eigenvalue weighted by Crippen LogP contribution is -2.43. The summed E-state index contributed by atoms with van der Waals surface area (Å²) < 4.78 is 34.5. The van der Waals surface area contributed by atoms with Gasteiger partial charge in [0.05, 0.1) is 5.56 Å². The number of hydrazine groups is 1. The number of benzene rings is 2. The summed E-state index contributed by atoms with van der Waals surface area (Å²) in [6.45, 7) is 0. The molecule has 2 aromatic carbocycles. The van der Waals surface area contributed by atoms with Gasteiger partial charge in [-0.3, -0.25) is 15.6 Å². The van der Waals surface area contributed by atoms with Crippen molar-refractivity contribution in [3.05, 3.63) is 42.0 Å². The first-order valence-corrected chi connectivity index (χ1v) is 7.43. The molecule has 1 amide bonds. The summed E-state index contributed by atoms with van der Waals surface area (Å²) in [6, 6.07) is 7.37. The molecule has 26 heavy (non-hydrogen) atoms. The van der Waals surface area contributed by atoms with Gasteiger partial charge in [-0.2, -0.15) is 0 Å². The molecule has 0 atom stereocenters. The number of alkyl halides is 2. The third kappa shape index (κ3) is 3.83. The lowest BCUT2D eigenvalue weighted by molar-refractivity contribution is -0.286. The van der Waals surface area contributed by atoms with E-state index in [4.69, 9.17) is 12.2 Å². The highest BCUT2D eigenvalue weighted by molar-refractivity contribution is 7.80. The van der Waals surface area contributed by atoms with Crippen molar-refractivity contribution in [3.8, 4) is 23.0 Å². The predicted molar refractivity (Wildman–Crippen MR) is 89.2 cm³/mol. The lowest BCUT2D eigenvalue weighted by Gasteiger charge is -2.12. The number of phenolic OH excluding ortho intramolecular Hbond substituents is 2. The maximum atomic E-state index is 13.0. The molecule has 5 N–H and O–H groups in total. The summed E-state index contributed by atoms with van der Waals surface area (Å²) in [7, 11) is 0. The van der Waals surface area contributed by atoms with Gasteiger partial charge < -0.3 is 25.0 Å². The van der Waals surface area contributed by atoms with Crippen molar-refractivity contribution in [2.24, 2.45) is 0 Å². The molecular weight excluding hydrogens is 372 g/mol. The number of anilines is 1. The van der Waals surface area contributed by atoms with Crippen LogP contribution in [0.15, 0.2) is 36.4 Å². The van der Waals surface area contributed by atoms with Crippen LogP contribution in [0.5, 0.6) is 23.0 Å². The van der Waals surface area contributed by atoms with Gasteiger partial charge in [-0.25, -0.2) is 0 Å². The van der Waals surface area contributed by atoms with Gasteiger partial charge in [0.25, 0.3) is 5.91 Å². The average Bonchev–Trinajstić information content (AvgIpc) is 2.88. The average molecular weight is 383 g/mol. The molecule has 0 saturated heterocycles. The second kappa shape index (κ2) is 6.52. The van der Waals surface area contributed by atoms with Crippen LogP contribution in [0, 0.1) is 0 Å². The summed E-state index contributed by atoms with van der Waals surface area (Å²) in [4.78, 5) is 11.9. The van der Waals surface area contributed by atoms with Gasteiger partial charge >= 0.3 is 6.29 Å². The fourth-order valence-electron chi connectivity index (χ4n) is 2.08. The van der Waals surface area contributed by atoms with Crippen LogP contribution in [0.3, 0.4) is 0 Å². The van der Waals surface area contributed by atoms with Crippen molar-refractivity contribution in [2.75, 3.05) is 5.32 Å². The third-order valence-electron chi connectivity index (χ3n) is 3.17. The highest BCUT2D eigenvalue weighted by atomic mass is 32.1. The summed E-state index contributed by atoms with van der Waals surface area (Å²) in [6.07, 6.45) is -3.73. The number of carbonyl (C=O) groups is 1. The van der Waals surface area contributed by atoms with Gasteiger partial charge in [0, 0.05) is 11.8 Å². The number of nitrogens with one attached hydrogen (secondary N) is 3. The number of rotatable bonds is 2. The molecule has 0 aromatic heterocycles. The summed E-state index contributed by atoms with van der Waals surface area (Å²) in [5, 5.41) is 21.5. The van der Waals surface area contributed by atoms with Gasteiger partial charge in [0.15, 0.2) is 16.6 Å². The Morgan fingerprint density at radius 2 is 1.77 bits per heavy atom. The van der Waals surface area contributed by atoms with E-state index in [1.165, 1.54) is 24.3 Å². The van der Waals surface area contributed by atoms with E-state index in [1.54, 1.807) is 0 Å². The molecule has 0 fully saturated rings. The number of amides is 1. The highest BCUT2D eigenvalue weighted by Crippen LogP contribution is 2.42. The fourth-order valence-corrected chi connectivity index (χ4v) is 2.24. The van der Waals surface area contributed by atoms with Crippen LogP contribution >= 0.6 is 12.2 Å². The second-order valence-electron chi connectivity index (χ2n) is 5.06. The molecule has 136 valence electrons. The summed E-state index contributed by atoms with van der Waals surface area (Å²) in [5.41, 5.74) is 4.71. The predicted octanol–water partition coefficient (Wildman–Crippen LogP) is 2.05. The van der Waals surface area contributed by atoms with E-state index in [9.17, 15) is 23.8 Å². The lowest BCUT2D eigenvalue weighted by atomic mass is 10.2. The zero-order chi connectivity index (χ0) is 18.9. The van der Waals surface area contributed by atoms with E-state index < -0.39 is 12.2 Å². The minimum atomic E-state index is -3.73. The molecule has 11 heteroatoms. The Labute approximate surface area is 150 Å². The van der Waals surface area contributed by atoms with E-state index in [1.807, 2.05) is 0 Å². The van der Waals surface area contributed by atoms with Gasteiger partial charge in [0.2, 0.25) is 0 Å². The zero-order valence-electron chi connectivity index (χ0n) is 12.7. The van der Waals surface area contributed by atoms with Crippen molar-refractivity contribution in [3.63, 3.8) is 0 Å². The maximum absolute atomic E-state index is 13.0. The second-order valence-corrected chi connectivity index (χ2v) is 5.47. The number of hydrogen-bond donors (Lipinski definition) is 5. The molecule has 1 aliphatic rings. The number of aromatic hydroxyl groups is 2. The largest absolute Gasteiger partial charge is 0.586 e. The first kappa shape index (κ1) is 17.5. The van der Waals surface area contributed by atoms with Crippen molar-refractivity contribution < 1.29 is 33.3 Å². The van der Waals surface area contributed by atoms with Gasteiger partial charge in [-0.05, 0) is 42.5 Å². The Balaban J connectivity index is 1.58. The Bertz CT molecular complexity index is 894. The molecule has 0 bridgehead atoms. The highest BCUT2D eigenvalue weighted by Gasteiger charge is 2.43. The smallest absolute Gasteiger partial charge is 0.508 e. The van der Waals surface area contributed by atoms with Crippen molar-refractivity contribution >= 4 is 28.9 Å². The van der Waals surface area contributed by atoms with Crippen molar-refractivity contribution in [1.82, 2.24) is 10.9 Å². The van der Waals surface area contributed by atoms with E-state index in [-0.39, 0.29) is 33.7 Å². The SMILES string of the molecule is O=C(NNC(=S)Nc1ccc2c(c1)OC(F)(F)O2)c1cc(O)ccc1O. The molecule has 0 radical (unpaired) electrons. The Morgan fingerprint density at radius 1 is 1.04 bits per heavy atom. The van der Waals surface area contributed by atoms with Crippen molar-refractivity contribution in [2.45, 2.75) is 6.29 Å². The molecule has 2 aromatic rings. The summed E-state index contributed by atoms with van der Waals surface area (Å²) in [5.74, 6) is -1.58. The van der Waals surface area contributed by atoms with Gasteiger partial charge in [0.1, 0.15) is 11.5 Å². The normalized spacial score (nSPS) is 13.8. The monoisotopic (exact) mass is 383 g/mol. The van der Waals surface area contributed by atoms with Gasteiger partial charge in [-0.1, -0.05) is 0 Å². The van der Waals surface area contributed by atoms with Crippen molar-refractivity contribution in [1.29, 1.82) is 0 Å². The van der Waals surface area contributed by atoms with E-state index in [2.05, 4.69) is 25.6 Å². The molecule has 1 aliphatic heterocycles. The Kier molecular flexibility index (Phi) is 4.38. The number of fused-ring (bicyclic) bond motifs is 1. The molecule has 0 aliphatic carbocycles. The molecule has 0 spiro atoms. The quantitative estimate of drug-likeness (QED) is 0.304. The number of halogens is 2. The molecule has 0 saturated carbocycles. The molecule has 3 rings (SSSR count). The molecule has 1 heterocycles. The number of hydrogen-bond acceptors (Lipinski definition) is 6. The zero-order valence-corrected chi connectivity index (χ0v) is 13.6. The number of thiocarbonyl (C=S) groups is 1. The minimum absolute atomic E-state index is 0.0661. The van der Waals surface area contributed by atoms with E-state index in [0.717, 1.165) is 12.1 Å². The van der Waals surface area contributed by atoms with Crippen LogP contribution < -0.4 is 25.6 Å². The molecule has 8 nitrogen and oxygen atoms in total. The number of ether oxygens (including phenoxy) is 2. The Morgan fingerprint density at radius 3 is 2.54 bits per heavy atom.